The Morgan fingerprint density at radius 2 is 1.77 bits per heavy atom. The lowest BCUT2D eigenvalue weighted by Crippen LogP contribution is -2.38. The Morgan fingerprint density at radius 1 is 0.979 bits per heavy atom. The van der Waals surface area contributed by atoms with Gasteiger partial charge in [0.15, 0.2) is 11.5 Å². The maximum absolute atomic E-state index is 16.5. The fourth-order valence-corrected chi connectivity index (χ4v) is 5.67. The van der Waals surface area contributed by atoms with E-state index in [4.69, 9.17) is 18.9 Å². The molecule has 246 valence electrons. The van der Waals surface area contributed by atoms with Gasteiger partial charge < -0.3 is 28.7 Å². The van der Waals surface area contributed by atoms with Gasteiger partial charge in [0.05, 0.1) is 24.8 Å². The van der Waals surface area contributed by atoms with Gasteiger partial charge >= 0.3 is 5.97 Å². The number of ether oxygens (including phenoxy) is 4. The van der Waals surface area contributed by atoms with Crippen LogP contribution in [-0.2, 0) is 16.1 Å². The molecule has 0 amide bonds. The molecular formula is C36H33F2N5O5. The highest BCUT2D eigenvalue weighted by molar-refractivity contribution is 5.99. The zero-order chi connectivity index (χ0) is 33.6. The first-order valence-electron chi connectivity index (χ1n) is 15.6. The Labute approximate surface area is 276 Å². The molecule has 1 aromatic heterocycles. The Kier molecular flexibility index (Phi) is 9.66. The van der Waals surface area contributed by atoms with Crippen molar-refractivity contribution in [3.63, 3.8) is 0 Å². The van der Waals surface area contributed by atoms with Crippen molar-refractivity contribution in [2.24, 2.45) is 4.99 Å². The quantitative estimate of drug-likeness (QED) is 0.165. The monoisotopic (exact) mass is 653 g/mol. The molecule has 48 heavy (non-hydrogen) atoms. The first-order valence-corrected chi connectivity index (χ1v) is 15.6. The van der Waals surface area contributed by atoms with Crippen molar-refractivity contribution in [3.05, 3.63) is 101 Å². The smallest absolute Gasteiger partial charge is 0.328 e. The first-order chi connectivity index (χ1) is 23.4. The van der Waals surface area contributed by atoms with Crippen LogP contribution in [0.15, 0.2) is 77.8 Å². The third-order valence-electron chi connectivity index (χ3n) is 7.98. The fraction of sp³-hybridized carbons (Fsp3) is 0.278. The lowest BCUT2D eigenvalue weighted by Gasteiger charge is -2.27. The molecule has 2 aliphatic rings. The van der Waals surface area contributed by atoms with Crippen LogP contribution in [0.5, 0.6) is 29.0 Å². The average Bonchev–Trinajstić information content (AvgIpc) is 3.76. The second-order valence-electron chi connectivity index (χ2n) is 11.2. The van der Waals surface area contributed by atoms with E-state index in [1.165, 1.54) is 23.1 Å². The van der Waals surface area contributed by atoms with E-state index in [2.05, 4.69) is 9.98 Å². The summed E-state index contributed by atoms with van der Waals surface area (Å²) < 4.78 is 56.1. The van der Waals surface area contributed by atoms with Crippen LogP contribution in [0.2, 0.25) is 0 Å². The number of halogens is 2. The molecule has 10 nitrogen and oxygen atoms in total. The van der Waals surface area contributed by atoms with Crippen LogP contribution in [0.1, 0.15) is 36.5 Å². The topological polar surface area (TPSA) is 110 Å². The second kappa shape index (κ2) is 14.4. The number of aliphatic imine (C=N–C) groups is 1. The molecule has 1 fully saturated rings. The molecule has 12 heteroatoms. The van der Waals surface area contributed by atoms with Crippen LogP contribution in [0.4, 0.5) is 14.5 Å². The minimum absolute atomic E-state index is 0.0208. The van der Waals surface area contributed by atoms with E-state index in [-0.39, 0.29) is 42.6 Å². The number of hydrogen-bond acceptors (Lipinski definition) is 10. The molecule has 0 saturated carbocycles. The Balaban J connectivity index is 1.41. The summed E-state index contributed by atoms with van der Waals surface area (Å²) in [5, 5.41) is 9.59. The Hall–Kier alpha value is -5.70. The fourth-order valence-electron chi connectivity index (χ4n) is 5.67. The number of benzene rings is 3. The lowest BCUT2D eigenvalue weighted by atomic mass is 10.2. The van der Waals surface area contributed by atoms with Crippen molar-refractivity contribution in [2.75, 3.05) is 38.2 Å². The van der Waals surface area contributed by atoms with Crippen molar-refractivity contribution >= 4 is 17.5 Å². The number of rotatable bonds is 11. The van der Waals surface area contributed by atoms with Gasteiger partial charge in [-0.25, -0.2) is 4.79 Å². The highest BCUT2D eigenvalue weighted by Gasteiger charge is 2.38. The molecule has 3 aromatic carbocycles. The third-order valence-corrected chi connectivity index (χ3v) is 7.98. The van der Waals surface area contributed by atoms with Gasteiger partial charge in [-0.3, -0.25) is 4.99 Å². The third kappa shape index (κ3) is 6.85. The van der Waals surface area contributed by atoms with Gasteiger partial charge in [-0.05, 0) is 49.6 Å². The van der Waals surface area contributed by atoms with Crippen molar-refractivity contribution in [2.45, 2.75) is 32.4 Å². The van der Waals surface area contributed by atoms with Crippen LogP contribution in [0, 0.1) is 23.0 Å². The molecule has 0 radical (unpaired) electrons. The standard InChI is InChI=1S/C36H33F2N5O5/c1-3-45-36(44)27-13-8-17-43(27)32-30(37)34(47-26-12-7-11-25(20-26)33-40-16-18-42(33)2)41-35(31(32)38)48-29-19-24(21-39)14-15-28(29)46-22-23-9-5-4-6-10-23/h4-7,9-12,14-15,19-20,27H,3,8,13,16-18,22H2,1-2H3. The number of nitriles is 1. The van der Waals surface area contributed by atoms with E-state index in [1.54, 1.807) is 25.1 Å². The van der Waals surface area contributed by atoms with E-state index < -0.39 is 41.1 Å². The molecule has 0 aliphatic carbocycles. The molecule has 2 aliphatic heterocycles. The van der Waals surface area contributed by atoms with Crippen molar-refractivity contribution in [1.82, 2.24) is 9.88 Å². The molecule has 1 unspecified atom stereocenters. The van der Waals surface area contributed by atoms with Gasteiger partial charge in [0.1, 0.15) is 29.9 Å². The van der Waals surface area contributed by atoms with Gasteiger partial charge in [0.2, 0.25) is 11.6 Å². The summed E-state index contributed by atoms with van der Waals surface area (Å²) in [6.07, 6.45) is 0.836. The number of aromatic nitrogens is 1. The molecular weight excluding hydrogens is 620 g/mol. The van der Waals surface area contributed by atoms with Gasteiger partial charge in [-0.1, -0.05) is 42.5 Å². The SMILES string of the molecule is CCOC(=O)C1CCCN1c1c(F)c(Oc2cccc(C3=NCCN3C)c2)nc(Oc2cc(C#N)ccc2OCc2ccccc2)c1F. The van der Waals surface area contributed by atoms with Crippen LogP contribution >= 0.6 is 0 Å². The van der Waals surface area contributed by atoms with Gasteiger partial charge in [0, 0.05) is 31.8 Å². The predicted molar refractivity (Wildman–Crippen MR) is 174 cm³/mol. The van der Waals surface area contributed by atoms with Crippen LogP contribution < -0.4 is 19.1 Å². The number of hydrogen-bond donors (Lipinski definition) is 0. The molecule has 4 aromatic rings. The number of likely N-dealkylation sites (N-methyl/N-ethyl adjacent to an activating group) is 1. The second-order valence-corrected chi connectivity index (χ2v) is 11.2. The van der Waals surface area contributed by atoms with Gasteiger partial charge in [-0.2, -0.15) is 19.0 Å². The van der Waals surface area contributed by atoms with Crippen LogP contribution in [-0.4, -0.2) is 61.0 Å². The number of esters is 1. The highest BCUT2D eigenvalue weighted by Crippen LogP contribution is 2.42. The average molecular weight is 654 g/mol. The Morgan fingerprint density at radius 3 is 2.50 bits per heavy atom. The molecule has 6 rings (SSSR count). The summed E-state index contributed by atoms with van der Waals surface area (Å²) >= 11 is 0. The molecule has 1 saturated heterocycles. The van der Waals surface area contributed by atoms with Gasteiger partial charge in [0.25, 0.3) is 11.8 Å². The summed E-state index contributed by atoms with van der Waals surface area (Å²) in [5.74, 6) is -2.89. The number of anilines is 1. The molecule has 3 heterocycles. The van der Waals surface area contributed by atoms with Crippen molar-refractivity contribution < 1.29 is 32.5 Å². The summed E-state index contributed by atoms with van der Waals surface area (Å²) in [5.41, 5.74) is 1.30. The van der Waals surface area contributed by atoms with Crippen molar-refractivity contribution in [1.29, 1.82) is 5.26 Å². The summed E-state index contributed by atoms with van der Waals surface area (Å²) in [7, 11) is 1.92. The van der Waals surface area contributed by atoms with Crippen LogP contribution in [0.3, 0.4) is 0 Å². The van der Waals surface area contributed by atoms with E-state index in [0.29, 0.717) is 19.4 Å². The van der Waals surface area contributed by atoms with E-state index in [9.17, 15) is 10.1 Å². The van der Waals surface area contributed by atoms with E-state index >= 15 is 8.78 Å². The molecule has 0 N–H and O–H groups in total. The molecule has 0 spiro atoms. The zero-order valence-electron chi connectivity index (χ0n) is 26.5. The maximum Gasteiger partial charge on any atom is 0.328 e. The molecule has 1 atom stereocenters. The normalized spacial score (nSPS) is 15.6. The summed E-state index contributed by atoms with van der Waals surface area (Å²) in [6.45, 7) is 3.53. The van der Waals surface area contributed by atoms with Gasteiger partial charge in [-0.15, -0.1) is 0 Å². The zero-order valence-corrected chi connectivity index (χ0v) is 26.5. The minimum Gasteiger partial charge on any atom is -0.485 e. The van der Waals surface area contributed by atoms with E-state index in [0.717, 1.165) is 23.5 Å². The Bertz CT molecular complexity index is 1880. The number of pyridine rings is 1. The van der Waals surface area contributed by atoms with Crippen LogP contribution in [0.25, 0.3) is 0 Å². The lowest BCUT2D eigenvalue weighted by molar-refractivity contribution is -0.144. The number of carbonyl (C=O) groups is 1. The predicted octanol–water partition coefficient (Wildman–Crippen LogP) is 6.62. The number of nitrogens with zero attached hydrogens (tertiary/aromatic N) is 5. The number of amidine groups is 1. The first kappa shape index (κ1) is 32.2. The van der Waals surface area contributed by atoms with E-state index in [1.807, 2.05) is 54.4 Å². The van der Waals surface area contributed by atoms with Crippen molar-refractivity contribution in [3.8, 4) is 35.1 Å². The largest absolute Gasteiger partial charge is 0.485 e. The maximum atomic E-state index is 16.5. The highest BCUT2D eigenvalue weighted by atomic mass is 19.1. The summed E-state index contributed by atoms with van der Waals surface area (Å²) in [6, 6.07) is 21.8. The minimum atomic E-state index is -1.15. The number of carbonyl (C=O) groups excluding carboxylic acids is 1. The molecule has 0 bridgehead atoms. The summed E-state index contributed by atoms with van der Waals surface area (Å²) in [4.78, 5) is 24.8.